The number of nitrogens with one attached hydrogen (secondary N) is 1. The molecule has 0 bridgehead atoms. The van der Waals surface area contributed by atoms with E-state index in [1.54, 1.807) is 13.3 Å². The van der Waals surface area contributed by atoms with Crippen LogP contribution in [-0.2, 0) is 4.74 Å². The fourth-order valence-corrected chi connectivity index (χ4v) is 1.79. The maximum Gasteiger partial charge on any atom is 0.181 e. The van der Waals surface area contributed by atoms with E-state index in [-0.39, 0.29) is 0 Å². The van der Waals surface area contributed by atoms with Crippen molar-refractivity contribution < 1.29 is 9.15 Å². The molecule has 1 N–H and O–H groups in total. The van der Waals surface area contributed by atoms with Crippen LogP contribution in [-0.4, -0.2) is 24.7 Å². The second-order valence-electron chi connectivity index (χ2n) is 4.15. The second-order valence-corrected chi connectivity index (χ2v) is 4.15. The van der Waals surface area contributed by atoms with E-state index in [0.29, 0.717) is 12.6 Å². The summed E-state index contributed by atoms with van der Waals surface area (Å²) in [5, 5.41) is 3.43. The van der Waals surface area contributed by atoms with Crippen LogP contribution < -0.4 is 5.32 Å². The van der Waals surface area contributed by atoms with Gasteiger partial charge in [0, 0.05) is 24.4 Å². The summed E-state index contributed by atoms with van der Waals surface area (Å²) >= 11 is 0. The van der Waals surface area contributed by atoms with Crippen molar-refractivity contribution >= 4 is 5.69 Å². The SMILES string of the molecule is CCC(COC)Nc1ccc(-c2cnco2)cc1. The van der Waals surface area contributed by atoms with Gasteiger partial charge in [-0.15, -0.1) is 0 Å². The summed E-state index contributed by atoms with van der Waals surface area (Å²) in [5.74, 6) is 0.783. The molecule has 4 nitrogen and oxygen atoms in total. The lowest BCUT2D eigenvalue weighted by molar-refractivity contribution is 0.184. The number of rotatable bonds is 6. The fourth-order valence-electron chi connectivity index (χ4n) is 1.79. The summed E-state index contributed by atoms with van der Waals surface area (Å²) in [6, 6.07) is 8.45. The van der Waals surface area contributed by atoms with Crippen molar-refractivity contribution in [2.24, 2.45) is 0 Å². The number of ether oxygens (including phenoxy) is 1. The summed E-state index contributed by atoms with van der Waals surface area (Å²) in [7, 11) is 1.72. The number of benzene rings is 1. The van der Waals surface area contributed by atoms with Gasteiger partial charge in [-0.25, -0.2) is 4.98 Å². The third kappa shape index (κ3) is 3.11. The largest absolute Gasteiger partial charge is 0.444 e. The Bertz CT molecular complexity index is 451. The molecule has 0 radical (unpaired) electrons. The Kier molecular flexibility index (Phi) is 4.36. The van der Waals surface area contributed by atoms with Gasteiger partial charge in [-0.1, -0.05) is 6.92 Å². The number of anilines is 1. The maximum absolute atomic E-state index is 5.25. The summed E-state index contributed by atoms with van der Waals surface area (Å²) < 4.78 is 10.4. The molecule has 4 heteroatoms. The molecule has 18 heavy (non-hydrogen) atoms. The molecular formula is C14H18N2O2. The van der Waals surface area contributed by atoms with E-state index >= 15 is 0 Å². The first-order chi connectivity index (χ1) is 8.83. The van der Waals surface area contributed by atoms with Crippen LogP contribution in [0.4, 0.5) is 5.69 Å². The first-order valence-corrected chi connectivity index (χ1v) is 6.08. The molecular weight excluding hydrogens is 228 g/mol. The second kappa shape index (κ2) is 6.21. The van der Waals surface area contributed by atoms with Crippen molar-refractivity contribution in [2.45, 2.75) is 19.4 Å². The van der Waals surface area contributed by atoms with Crippen molar-refractivity contribution in [1.82, 2.24) is 4.98 Å². The van der Waals surface area contributed by atoms with Gasteiger partial charge in [0.1, 0.15) is 0 Å². The normalized spacial score (nSPS) is 12.3. The topological polar surface area (TPSA) is 47.3 Å². The molecule has 2 rings (SSSR count). The highest BCUT2D eigenvalue weighted by atomic mass is 16.5. The van der Waals surface area contributed by atoms with E-state index < -0.39 is 0 Å². The highest BCUT2D eigenvalue weighted by Crippen LogP contribution is 2.21. The number of nitrogens with zero attached hydrogens (tertiary/aromatic N) is 1. The average Bonchev–Trinajstić information content (AvgIpc) is 2.93. The molecule has 0 fully saturated rings. The van der Waals surface area contributed by atoms with Gasteiger partial charge >= 0.3 is 0 Å². The first-order valence-electron chi connectivity index (χ1n) is 6.08. The zero-order valence-electron chi connectivity index (χ0n) is 10.7. The van der Waals surface area contributed by atoms with Crippen LogP contribution in [0.3, 0.4) is 0 Å². The minimum atomic E-state index is 0.339. The Morgan fingerprint density at radius 3 is 2.67 bits per heavy atom. The molecule has 0 spiro atoms. The van der Waals surface area contributed by atoms with Crippen LogP contribution in [0.25, 0.3) is 11.3 Å². The van der Waals surface area contributed by atoms with E-state index in [1.165, 1.54) is 6.39 Å². The Balaban J connectivity index is 2.03. The lowest BCUT2D eigenvalue weighted by Crippen LogP contribution is -2.23. The van der Waals surface area contributed by atoms with E-state index in [9.17, 15) is 0 Å². The molecule has 1 atom stereocenters. The minimum absolute atomic E-state index is 0.339. The number of aromatic nitrogens is 1. The number of methoxy groups -OCH3 is 1. The van der Waals surface area contributed by atoms with Crippen LogP contribution in [0, 0.1) is 0 Å². The van der Waals surface area contributed by atoms with Crippen LogP contribution in [0.15, 0.2) is 41.3 Å². The van der Waals surface area contributed by atoms with Crippen molar-refractivity contribution in [3.05, 3.63) is 36.9 Å². The summed E-state index contributed by atoms with van der Waals surface area (Å²) in [6.45, 7) is 2.85. The third-order valence-electron chi connectivity index (χ3n) is 2.83. The molecule has 1 aromatic heterocycles. The standard InChI is InChI=1S/C14H18N2O2/c1-3-12(9-17-2)16-13-6-4-11(5-7-13)14-8-15-10-18-14/h4-8,10,12,16H,3,9H2,1-2H3. The Morgan fingerprint density at radius 2 is 2.11 bits per heavy atom. The number of hydrogen-bond acceptors (Lipinski definition) is 4. The lowest BCUT2D eigenvalue weighted by Gasteiger charge is -2.17. The maximum atomic E-state index is 5.25. The van der Waals surface area contributed by atoms with E-state index in [1.807, 2.05) is 24.3 Å². The quantitative estimate of drug-likeness (QED) is 0.850. The number of hydrogen-bond donors (Lipinski definition) is 1. The monoisotopic (exact) mass is 246 g/mol. The predicted molar refractivity (Wildman–Crippen MR) is 71.5 cm³/mol. The van der Waals surface area contributed by atoms with Gasteiger partial charge in [0.05, 0.1) is 12.8 Å². The van der Waals surface area contributed by atoms with Crippen molar-refractivity contribution in [3.8, 4) is 11.3 Å². The van der Waals surface area contributed by atoms with Crippen LogP contribution >= 0.6 is 0 Å². The molecule has 1 heterocycles. The summed E-state index contributed by atoms with van der Waals surface area (Å²) in [4.78, 5) is 3.91. The molecule has 0 saturated carbocycles. The van der Waals surface area contributed by atoms with Gasteiger partial charge in [0.2, 0.25) is 0 Å². The molecule has 1 unspecified atom stereocenters. The fraction of sp³-hybridized carbons (Fsp3) is 0.357. The van der Waals surface area contributed by atoms with Gasteiger partial charge in [0.25, 0.3) is 0 Å². The van der Waals surface area contributed by atoms with Gasteiger partial charge in [0.15, 0.2) is 12.2 Å². The van der Waals surface area contributed by atoms with E-state index in [4.69, 9.17) is 9.15 Å². The van der Waals surface area contributed by atoms with Crippen LogP contribution in [0.5, 0.6) is 0 Å². The summed E-state index contributed by atoms with van der Waals surface area (Å²) in [5.41, 5.74) is 2.11. The van der Waals surface area contributed by atoms with Crippen molar-refractivity contribution in [3.63, 3.8) is 0 Å². The molecule has 96 valence electrons. The molecule has 1 aromatic carbocycles. The predicted octanol–water partition coefficient (Wildman–Crippen LogP) is 3.18. The summed E-state index contributed by atoms with van der Waals surface area (Å²) in [6.07, 6.45) is 4.17. The molecule has 0 aliphatic heterocycles. The first kappa shape index (κ1) is 12.6. The van der Waals surface area contributed by atoms with Gasteiger partial charge < -0.3 is 14.5 Å². The van der Waals surface area contributed by atoms with Crippen molar-refractivity contribution in [1.29, 1.82) is 0 Å². The molecule has 0 aliphatic carbocycles. The average molecular weight is 246 g/mol. The third-order valence-corrected chi connectivity index (χ3v) is 2.83. The zero-order chi connectivity index (χ0) is 12.8. The molecule has 2 aromatic rings. The molecule has 0 saturated heterocycles. The molecule has 0 amide bonds. The smallest absolute Gasteiger partial charge is 0.181 e. The lowest BCUT2D eigenvalue weighted by atomic mass is 10.1. The zero-order valence-corrected chi connectivity index (χ0v) is 10.7. The Morgan fingerprint density at radius 1 is 1.33 bits per heavy atom. The number of oxazole rings is 1. The minimum Gasteiger partial charge on any atom is -0.444 e. The van der Waals surface area contributed by atoms with Gasteiger partial charge in [-0.3, -0.25) is 0 Å². The van der Waals surface area contributed by atoms with Crippen LogP contribution in [0.1, 0.15) is 13.3 Å². The van der Waals surface area contributed by atoms with Gasteiger partial charge in [-0.05, 0) is 30.7 Å². The van der Waals surface area contributed by atoms with E-state index in [0.717, 1.165) is 23.4 Å². The van der Waals surface area contributed by atoms with Crippen molar-refractivity contribution in [2.75, 3.05) is 19.0 Å². The highest BCUT2D eigenvalue weighted by molar-refractivity contribution is 5.60. The van der Waals surface area contributed by atoms with Gasteiger partial charge in [-0.2, -0.15) is 0 Å². The Hall–Kier alpha value is -1.81. The van der Waals surface area contributed by atoms with E-state index in [2.05, 4.69) is 17.2 Å². The highest BCUT2D eigenvalue weighted by Gasteiger charge is 2.06. The Labute approximate surface area is 107 Å². The molecule has 0 aliphatic rings. The van der Waals surface area contributed by atoms with Crippen LogP contribution in [0.2, 0.25) is 0 Å².